The van der Waals surface area contributed by atoms with Crippen LogP contribution < -0.4 is 5.32 Å². The van der Waals surface area contributed by atoms with Crippen LogP contribution >= 0.6 is 0 Å². The van der Waals surface area contributed by atoms with Crippen LogP contribution in [0.3, 0.4) is 0 Å². The number of sulfone groups is 1. The van der Waals surface area contributed by atoms with Crippen LogP contribution in [-0.4, -0.2) is 49.5 Å². The summed E-state index contributed by atoms with van der Waals surface area (Å²) in [6.07, 6.45) is 5.96. The van der Waals surface area contributed by atoms with Crippen LogP contribution in [0.5, 0.6) is 0 Å². The lowest BCUT2D eigenvalue weighted by molar-refractivity contribution is 0.182. The van der Waals surface area contributed by atoms with Crippen molar-refractivity contribution in [2.75, 3.05) is 25.4 Å². The number of hydrogen-bond acceptors (Lipinski definition) is 3. The van der Waals surface area contributed by atoms with Crippen LogP contribution in [-0.2, 0) is 9.84 Å². The summed E-state index contributed by atoms with van der Waals surface area (Å²) in [5.74, 6) is 0.0618. The fourth-order valence-electron chi connectivity index (χ4n) is 3.47. The van der Waals surface area contributed by atoms with Crippen LogP contribution in [0.15, 0.2) is 0 Å². The molecule has 1 saturated heterocycles. The summed E-state index contributed by atoms with van der Waals surface area (Å²) < 4.78 is 23.1. The molecular weight excluding hydrogens is 288 g/mol. The molecule has 2 fully saturated rings. The first-order valence-electron chi connectivity index (χ1n) is 7.96. The van der Waals surface area contributed by atoms with Crippen LogP contribution in [0.1, 0.15) is 52.9 Å². The molecule has 0 aromatic carbocycles. The fraction of sp³-hybridized carbons (Fsp3) is 0.933. The van der Waals surface area contributed by atoms with E-state index in [-0.39, 0.29) is 23.7 Å². The zero-order valence-electron chi connectivity index (χ0n) is 13.4. The normalized spacial score (nSPS) is 26.5. The van der Waals surface area contributed by atoms with Crippen molar-refractivity contribution in [3.63, 3.8) is 0 Å². The van der Waals surface area contributed by atoms with Gasteiger partial charge in [-0.15, -0.1) is 0 Å². The highest BCUT2D eigenvalue weighted by Crippen LogP contribution is 2.40. The Morgan fingerprint density at radius 1 is 1.24 bits per heavy atom. The van der Waals surface area contributed by atoms with Gasteiger partial charge in [-0.1, -0.05) is 19.8 Å². The van der Waals surface area contributed by atoms with Crippen molar-refractivity contribution in [2.24, 2.45) is 5.41 Å². The zero-order chi connectivity index (χ0) is 15.7. The van der Waals surface area contributed by atoms with Crippen LogP contribution in [0.2, 0.25) is 0 Å². The average molecular weight is 316 g/mol. The first kappa shape index (κ1) is 16.6. The predicted molar refractivity (Wildman–Crippen MR) is 84.0 cm³/mol. The molecule has 21 heavy (non-hydrogen) atoms. The lowest BCUT2D eigenvalue weighted by Gasteiger charge is -2.38. The summed E-state index contributed by atoms with van der Waals surface area (Å²) in [6, 6.07) is -0.113. The SMILES string of the molecule is CCC1(CNC(=O)N2CCS(=O)(=O)C(C)(C)C2)CCCC1. The summed E-state index contributed by atoms with van der Waals surface area (Å²) in [6.45, 7) is 6.88. The van der Waals surface area contributed by atoms with Crippen molar-refractivity contribution in [2.45, 2.75) is 57.6 Å². The molecule has 1 heterocycles. The van der Waals surface area contributed by atoms with E-state index < -0.39 is 14.6 Å². The summed E-state index contributed by atoms with van der Waals surface area (Å²) in [4.78, 5) is 14.0. The van der Waals surface area contributed by atoms with Gasteiger partial charge < -0.3 is 10.2 Å². The first-order chi connectivity index (χ1) is 9.71. The Hall–Kier alpha value is -0.780. The molecular formula is C15H28N2O3S. The minimum Gasteiger partial charge on any atom is -0.337 e. The van der Waals surface area contributed by atoms with E-state index in [0.29, 0.717) is 13.1 Å². The smallest absolute Gasteiger partial charge is 0.317 e. The molecule has 2 aliphatic rings. The van der Waals surface area contributed by atoms with E-state index in [4.69, 9.17) is 0 Å². The van der Waals surface area contributed by atoms with Crippen molar-refractivity contribution in [1.29, 1.82) is 0 Å². The van der Waals surface area contributed by atoms with Gasteiger partial charge in [0.05, 0.1) is 10.5 Å². The molecule has 1 N–H and O–H groups in total. The van der Waals surface area contributed by atoms with E-state index in [2.05, 4.69) is 12.2 Å². The maximum Gasteiger partial charge on any atom is 0.317 e. The largest absolute Gasteiger partial charge is 0.337 e. The first-order valence-corrected chi connectivity index (χ1v) is 9.62. The minimum absolute atomic E-state index is 0.0618. The molecule has 0 unspecified atom stereocenters. The molecule has 1 saturated carbocycles. The van der Waals surface area contributed by atoms with Crippen LogP contribution in [0.4, 0.5) is 4.79 Å². The Morgan fingerprint density at radius 3 is 2.38 bits per heavy atom. The molecule has 0 radical (unpaired) electrons. The molecule has 2 rings (SSSR count). The van der Waals surface area contributed by atoms with Crippen molar-refractivity contribution in [1.82, 2.24) is 10.2 Å². The van der Waals surface area contributed by atoms with Crippen LogP contribution in [0, 0.1) is 5.41 Å². The Labute approximate surface area is 128 Å². The number of nitrogens with one attached hydrogen (secondary N) is 1. The second-order valence-electron chi connectivity index (χ2n) is 7.22. The Morgan fingerprint density at radius 2 is 1.86 bits per heavy atom. The van der Waals surface area contributed by atoms with Gasteiger partial charge >= 0.3 is 6.03 Å². The van der Waals surface area contributed by atoms with Crippen molar-refractivity contribution < 1.29 is 13.2 Å². The van der Waals surface area contributed by atoms with E-state index in [1.165, 1.54) is 25.7 Å². The predicted octanol–water partition coefficient (Wildman–Crippen LogP) is 2.18. The van der Waals surface area contributed by atoms with Crippen molar-refractivity contribution >= 4 is 15.9 Å². The van der Waals surface area contributed by atoms with E-state index in [1.54, 1.807) is 18.7 Å². The third-order valence-corrected chi connectivity index (χ3v) is 7.89. The third kappa shape index (κ3) is 3.35. The van der Waals surface area contributed by atoms with Gasteiger partial charge in [0.15, 0.2) is 9.84 Å². The van der Waals surface area contributed by atoms with Crippen molar-refractivity contribution in [3.8, 4) is 0 Å². The van der Waals surface area contributed by atoms with Gasteiger partial charge in [-0.3, -0.25) is 0 Å². The zero-order valence-corrected chi connectivity index (χ0v) is 14.3. The molecule has 122 valence electrons. The molecule has 2 amide bonds. The molecule has 0 bridgehead atoms. The van der Waals surface area contributed by atoms with Crippen molar-refractivity contribution in [3.05, 3.63) is 0 Å². The van der Waals surface area contributed by atoms with Gasteiger partial charge in [0.2, 0.25) is 0 Å². The molecule has 0 aromatic rings. The highest BCUT2D eigenvalue weighted by atomic mass is 32.2. The number of nitrogens with zero attached hydrogens (tertiary/aromatic N) is 1. The van der Waals surface area contributed by atoms with Gasteiger partial charge in [0.1, 0.15) is 0 Å². The Kier molecular flexibility index (Phi) is 4.57. The second kappa shape index (κ2) is 5.78. The molecule has 0 spiro atoms. The van der Waals surface area contributed by atoms with E-state index in [0.717, 1.165) is 6.42 Å². The van der Waals surface area contributed by atoms with Gasteiger partial charge in [0.25, 0.3) is 0 Å². The minimum atomic E-state index is -3.10. The molecule has 1 aliphatic heterocycles. The molecule has 1 aliphatic carbocycles. The highest BCUT2D eigenvalue weighted by molar-refractivity contribution is 7.92. The number of amides is 2. The van der Waals surface area contributed by atoms with Gasteiger partial charge in [-0.25, -0.2) is 13.2 Å². The maximum absolute atomic E-state index is 12.3. The lowest BCUT2D eigenvalue weighted by atomic mass is 9.83. The summed E-state index contributed by atoms with van der Waals surface area (Å²) in [5.41, 5.74) is 0.257. The summed E-state index contributed by atoms with van der Waals surface area (Å²) in [7, 11) is -3.10. The third-order valence-electron chi connectivity index (χ3n) is 5.36. The van der Waals surface area contributed by atoms with Gasteiger partial charge in [-0.2, -0.15) is 0 Å². The van der Waals surface area contributed by atoms with E-state index in [1.807, 2.05) is 0 Å². The topological polar surface area (TPSA) is 66.5 Å². The molecule has 5 nitrogen and oxygen atoms in total. The van der Waals surface area contributed by atoms with E-state index in [9.17, 15) is 13.2 Å². The summed E-state index contributed by atoms with van der Waals surface area (Å²) >= 11 is 0. The van der Waals surface area contributed by atoms with Gasteiger partial charge in [0, 0.05) is 19.6 Å². The monoisotopic (exact) mass is 316 g/mol. The highest BCUT2D eigenvalue weighted by Gasteiger charge is 2.42. The lowest BCUT2D eigenvalue weighted by Crippen LogP contribution is -2.57. The molecule has 6 heteroatoms. The summed E-state index contributed by atoms with van der Waals surface area (Å²) in [5, 5.41) is 3.04. The van der Waals surface area contributed by atoms with E-state index >= 15 is 0 Å². The fourth-order valence-corrected chi connectivity index (χ4v) is 4.84. The molecule has 0 aromatic heterocycles. The molecule has 0 atom stereocenters. The number of urea groups is 1. The Bertz CT molecular complexity index is 493. The number of rotatable bonds is 3. The van der Waals surface area contributed by atoms with Crippen LogP contribution in [0.25, 0.3) is 0 Å². The number of carbonyl (C=O) groups is 1. The standard InChI is InChI=1S/C15H28N2O3S/c1-4-15(7-5-6-8-15)11-16-13(18)17-9-10-21(19,20)14(2,3)12-17/h4-12H2,1-3H3,(H,16,18). The quantitative estimate of drug-likeness (QED) is 0.868. The maximum atomic E-state index is 12.3. The Balaban J connectivity index is 1.93. The average Bonchev–Trinajstić information content (AvgIpc) is 2.89. The van der Waals surface area contributed by atoms with Gasteiger partial charge in [-0.05, 0) is 38.5 Å². The number of hydrogen-bond donors (Lipinski definition) is 1. The number of carbonyl (C=O) groups excluding carboxylic acids is 1. The second-order valence-corrected chi connectivity index (χ2v) is 9.96.